The number of rotatable bonds is 6. The van der Waals surface area contributed by atoms with Gasteiger partial charge in [0.1, 0.15) is 0 Å². The zero-order valence-electron chi connectivity index (χ0n) is 13.2. The van der Waals surface area contributed by atoms with Crippen molar-refractivity contribution >= 4 is 11.8 Å². The van der Waals surface area contributed by atoms with Crippen LogP contribution in [0.3, 0.4) is 0 Å². The summed E-state index contributed by atoms with van der Waals surface area (Å²) < 4.78 is 4.78. The number of H-pyrrole nitrogens is 1. The third-order valence-electron chi connectivity index (χ3n) is 3.76. The molecule has 4 nitrogen and oxygen atoms in total. The molecule has 0 fully saturated rings. The first-order valence-corrected chi connectivity index (χ1v) is 7.39. The van der Waals surface area contributed by atoms with Gasteiger partial charge in [0.2, 0.25) is 0 Å². The maximum Gasteiger partial charge on any atom is 0.340 e. The third kappa shape index (κ3) is 3.45. The van der Waals surface area contributed by atoms with Crippen molar-refractivity contribution < 1.29 is 14.3 Å². The van der Waals surface area contributed by atoms with E-state index < -0.39 is 5.97 Å². The van der Waals surface area contributed by atoms with E-state index in [-0.39, 0.29) is 5.78 Å². The lowest BCUT2D eigenvalue weighted by Gasteiger charge is -2.05. The molecule has 0 aliphatic heterocycles. The molecule has 0 atom stereocenters. The summed E-state index contributed by atoms with van der Waals surface area (Å²) in [5.74, 6) is -0.480. The fraction of sp³-hybridized carbons (Fsp3) is 0.333. The molecule has 0 bridgehead atoms. The van der Waals surface area contributed by atoms with E-state index in [0.717, 1.165) is 18.5 Å². The molecule has 2 rings (SSSR count). The molecule has 116 valence electrons. The number of ketones is 1. The third-order valence-corrected chi connectivity index (χ3v) is 3.76. The molecule has 0 amide bonds. The lowest BCUT2D eigenvalue weighted by molar-refractivity contribution is 0.0596. The van der Waals surface area contributed by atoms with Gasteiger partial charge < -0.3 is 9.72 Å². The number of ether oxygens (including phenoxy) is 1. The molecule has 1 N–H and O–H groups in total. The summed E-state index contributed by atoms with van der Waals surface area (Å²) in [6.07, 6.45) is 2.02. The van der Waals surface area contributed by atoms with Crippen molar-refractivity contribution in [2.45, 2.75) is 33.1 Å². The van der Waals surface area contributed by atoms with Crippen molar-refractivity contribution in [2.75, 3.05) is 7.11 Å². The molecule has 0 saturated heterocycles. The lowest BCUT2D eigenvalue weighted by Crippen LogP contribution is -2.10. The van der Waals surface area contributed by atoms with Crippen molar-refractivity contribution in [3.8, 4) is 0 Å². The van der Waals surface area contributed by atoms with Crippen molar-refractivity contribution in [3.63, 3.8) is 0 Å². The van der Waals surface area contributed by atoms with E-state index >= 15 is 0 Å². The van der Waals surface area contributed by atoms with Crippen LogP contribution in [0.1, 0.15) is 50.5 Å². The number of Topliss-reactive ketones (excluding diaryl/α,β-unsaturated/α-hetero) is 1. The van der Waals surface area contributed by atoms with Crippen LogP contribution < -0.4 is 0 Å². The number of aryl methyl sites for hydroxylation is 3. The number of aromatic amines is 1. The Bertz CT molecular complexity index is 671. The predicted octanol–water partition coefficient (Wildman–Crippen LogP) is 3.62. The average molecular weight is 299 g/mol. The van der Waals surface area contributed by atoms with Gasteiger partial charge >= 0.3 is 5.97 Å². The van der Waals surface area contributed by atoms with E-state index in [0.29, 0.717) is 23.2 Å². The number of aromatic nitrogens is 1. The molecule has 0 unspecified atom stereocenters. The van der Waals surface area contributed by atoms with Crippen molar-refractivity contribution in [1.82, 2.24) is 4.98 Å². The summed E-state index contributed by atoms with van der Waals surface area (Å²) in [5, 5.41) is 0. The highest BCUT2D eigenvalue weighted by Crippen LogP contribution is 2.22. The average Bonchev–Trinajstić information content (AvgIpc) is 2.82. The fourth-order valence-corrected chi connectivity index (χ4v) is 2.71. The van der Waals surface area contributed by atoms with Gasteiger partial charge in [0, 0.05) is 17.8 Å². The largest absolute Gasteiger partial charge is 0.465 e. The highest BCUT2D eigenvalue weighted by molar-refractivity contribution is 6.08. The minimum absolute atomic E-state index is 0.0156. The van der Waals surface area contributed by atoms with Gasteiger partial charge in [-0.2, -0.15) is 0 Å². The Hall–Kier alpha value is -2.36. The molecule has 0 spiro atoms. The van der Waals surface area contributed by atoms with Crippen LogP contribution in [0.15, 0.2) is 30.3 Å². The summed E-state index contributed by atoms with van der Waals surface area (Å²) in [6, 6.07) is 10.1. The second-order valence-electron chi connectivity index (χ2n) is 5.38. The smallest absolute Gasteiger partial charge is 0.340 e. The minimum Gasteiger partial charge on any atom is -0.465 e. The van der Waals surface area contributed by atoms with Crippen molar-refractivity contribution in [3.05, 3.63) is 58.4 Å². The molecular formula is C18H21NO3. The number of methoxy groups -OCH3 is 1. The van der Waals surface area contributed by atoms with Crippen LogP contribution in [0.2, 0.25) is 0 Å². The fourth-order valence-electron chi connectivity index (χ4n) is 2.71. The van der Waals surface area contributed by atoms with E-state index in [1.165, 1.54) is 12.7 Å². The number of hydrogen-bond acceptors (Lipinski definition) is 3. The molecule has 1 heterocycles. The number of carbonyl (C=O) groups is 2. The zero-order chi connectivity index (χ0) is 16.1. The van der Waals surface area contributed by atoms with Gasteiger partial charge in [-0.1, -0.05) is 30.3 Å². The second-order valence-corrected chi connectivity index (χ2v) is 5.38. The van der Waals surface area contributed by atoms with Crippen LogP contribution >= 0.6 is 0 Å². The van der Waals surface area contributed by atoms with Gasteiger partial charge in [-0.3, -0.25) is 4.79 Å². The molecule has 0 aliphatic carbocycles. The lowest BCUT2D eigenvalue weighted by atomic mass is 9.99. The van der Waals surface area contributed by atoms with Crippen LogP contribution in [0.5, 0.6) is 0 Å². The summed E-state index contributed by atoms with van der Waals surface area (Å²) in [4.78, 5) is 27.4. The first-order chi connectivity index (χ1) is 10.5. The van der Waals surface area contributed by atoms with Crippen LogP contribution in [-0.4, -0.2) is 23.8 Å². The van der Waals surface area contributed by atoms with Gasteiger partial charge in [0.05, 0.1) is 18.2 Å². The van der Waals surface area contributed by atoms with Crippen LogP contribution in [0, 0.1) is 13.8 Å². The maximum atomic E-state index is 12.5. The maximum absolute atomic E-state index is 12.5. The first-order valence-electron chi connectivity index (χ1n) is 7.39. The summed E-state index contributed by atoms with van der Waals surface area (Å²) >= 11 is 0. The summed E-state index contributed by atoms with van der Waals surface area (Å²) in [7, 11) is 1.33. The molecule has 1 aromatic carbocycles. The SMILES string of the molecule is COC(=O)c1c(C)[nH]c(C)c1C(=O)CCCc1ccccc1. The molecule has 22 heavy (non-hydrogen) atoms. The van der Waals surface area contributed by atoms with Gasteiger partial charge in [0.15, 0.2) is 5.78 Å². The first kappa shape index (κ1) is 16.0. The molecule has 2 aromatic rings. The number of benzene rings is 1. The Balaban J connectivity index is 2.08. The van der Waals surface area contributed by atoms with Crippen molar-refractivity contribution in [2.24, 2.45) is 0 Å². The van der Waals surface area contributed by atoms with E-state index in [1.54, 1.807) is 6.92 Å². The normalized spacial score (nSPS) is 10.5. The van der Waals surface area contributed by atoms with Gasteiger partial charge in [0.25, 0.3) is 0 Å². The molecule has 4 heteroatoms. The quantitative estimate of drug-likeness (QED) is 0.654. The molecule has 1 aromatic heterocycles. The Morgan fingerprint density at radius 2 is 1.68 bits per heavy atom. The van der Waals surface area contributed by atoms with Crippen LogP contribution in [0.4, 0.5) is 0 Å². The highest BCUT2D eigenvalue weighted by atomic mass is 16.5. The van der Waals surface area contributed by atoms with Crippen molar-refractivity contribution in [1.29, 1.82) is 0 Å². The van der Waals surface area contributed by atoms with Gasteiger partial charge in [-0.05, 0) is 32.3 Å². The second kappa shape index (κ2) is 7.07. The molecule has 0 saturated carbocycles. The van der Waals surface area contributed by atoms with Gasteiger partial charge in [-0.15, -0.1) is 0 Å². The number of esters is 1. The molecular weight excluding hydrogens is 278 g/mol. The topological polar surface area (TPSA) is 59.2 Å². The summed E-state index contributed by atoms with van der Waals surface area (Å²) in [5.41, 5.74) is 3.45. The number of nitrogens with one attached hydrogen (secondary N) is 1. The minimum atomic E-state index is -0.465. The standard InChI is InChI=1S/C18H21NO3/c1-12-16(17(13(2)19-12)18(21)22-3)15(20)11-7-10-14-8-5-4-6-9-14/h4-6,8-9,19H,7,10-11H2,1-3H3. The van der Waals surface area contributed by atoms with Crippen LogP contribution in [0.25, 0.3) is 0 Å². The Labute approximate surface area is 130 Å². The van der Waals surface area contributed by atoms with E-state index in [9.17, 15) is 9.59 Å². The van der Waals surface area contributed by atoms with E-state index in [4.69, 9.17) is 4.74 Å². The Kier molecular flexibility index (Phi) is 5.15. The van der Waals surface area contributed by atoms with Gasteiger partial charge in [-0.25, -0.2) is 4.79 Å². The highest BCUT2D eigenvalue weighted by Gasteiger charge is 2.24. The Morgan fingerprint density at radius 1 is 1.05 bits per heavy atom. The van der Waals surface area contributed by atoms with E-state index in [1.807, 2.05) is 25.1 Å². The van der Waals surface area contributed by atoms with Crippen LogP contribution in [-0.2, 0) is 11.2 Å². The number of hydrogen-bond donors (Lipinski definition) is 1. The van der Waals surface area contributed by atoms with E-state index in [2.05, 4.69) is 17.1 Å². The number of carbonyl (C=O) groups excluding carboxylic acids is 2. The Morgan fingerprint density at radius 3 is 2.32 bits per heavy atom. The predicted molar refractivity (Wildman–Crippen MR) is 85.3 cm³/mol. The summed E-state index contributed by atoms with van der Waals surface area (Å²) in [6.45, 7) is 3.59. The zero-order valence-corrected chi connectivity index (χ0v) is 13.2. The molecule has 0 aliphatic rings. The monoisotopic (exact) mass is 299 g/mol. The molecule has 0 radical (unpaired) electrons.